The van der Waals surface area contributed by atoms with E-state index in [1.54, 1.807) is 0 Å². The molecule has 1 aromatic rings. The lowest BCUT2D eigenvalue weighted by molar-refractivity contribution is -0.138. The van der Waals surface area contributed by atoms with Crippen molar-refractivity contribution < 1.29 is 22.7 Å². The molecule has 1 amide bonds. The third-order valence-corrected chi connectivity index (χ3v) is 4.04. The number of aliphatic imine (C=N–C) groups is 1. The number of amides is 1. The summed E-state index contributed by atoms with van der Waals surface area (Å²) in [6.07, 6.45) is -2.61. The van der Waals surface area contributed by atoms with Crippen molar-refractivity contribution in [1.29, 1.82) is 0 Å². The highest BCUT2D eigenvalue weighted by atomic mass is 19.4. The number of carbonyl (C=O) groups excluding carboxylic acids is 1. The Balaban J connectivity index is 1.97. The van der Waals surface area contributed by atoms with Gasteiger partial charge in [-0.15, -0.1) is 0 Å². The molecule has 27 heavy (non-hydrogen) atoms. The first-order valence-corrected chi connectivity index (χ1v) is 8.89. The first-order chi connectivity index (χ1) is 12.8. The maximum Gasteiger partial charge on any atom is 0.416 e. The van der Waals surface area contributed by atoms with Crippen LogP contribution in [0.25, 0.3) is 0 Å². The molecule has 9 heteroatoms. The van der Waals surface area contributed by atoms with E-state index in [1.807, 2.05) is 6.92 Å². The molecule has 0 aliphatic heterocycles. The Bertz CT molecular complexity index is 673. The van der Waals surface area contributed by atoms with Gasteiger partial charge in [0, 0.05) is 25.6 Å². The fourth-order valence-electron chi connectivity index (χ4n) is 2.45. The van der Waals surface area contributed by atoms with Gasteiger partial charge in [0.1, 0.15) is 5.75 Å². The predicted octanol–water partition coefficient (Wildman–Crippen LogP) is 2.30. The summed E-state index contributed by atoms with van der Waals surface area (Å²) < 4.78 is 44.6. The van der Waals surface area contributed by atoms with E-state index < -0.39 is 11.7 Å². The Kier molecular flexibility index (Phi) is 7.32. The maximum absolute atomic E-state index is 13.3. The topological polar surface area (TPSA) is 74.8 Å². The summed E-state index contributed by atoms with van der Waals surface area (Å²) in [5.74, 6) is 0.725. The number of carbonyl (C=O) groups is 1. The van der Waals surface area contributed by atoms with E-state index in [0.29, 0.717) is 25.6 Å². The Morgan fingerprint density at radius 1 is 1.22 bits per heavy atom. The molecular weight excluding hydrogens is 361 g/mol. The fraction of sp³-hybridized carbons (Fsp3) is 0.556. The second-order valence-corrected chi connectivity index (χ2v) is 6.21. The van der Waals surface area contributed by atoms with Gasteiger partial charge in [-0.1, -0.05) is 6.07 Å². The van der Waals surface area contributed by atoms with Crippen LogP contribution in [-0.2, 0) is 17.5 Å². The van der Waals surface area contributed by atoms with Gasteiger partial charge in [-0.2, -0.15) is 13.2 Å². The van der Waals surface area contributed by atoms with Crippen LogP contribution in [0.5, 0.6) is 5.75 Å². The minimum absolute atomic E-state index is 0.0480. The second kappa shape index (κ2) is 9.48. The molecule has 0 spiro atoms. The highest BCUT2D eigenvalue weighted by Crippen LogP contribution is 2.34. The van der Waals surface area contributed by atoms with Crippen LogP contribution in [0, 0.1) is 5.92 Å². The summed E-state index contributed by atoms with van der Waals surface area (Å²) in [7, 11) is 1.32. The predicted molar refractivity (Wildman–Crippen MR) is 96.5 cm³/mol. The third-order valence-electron chi connectivity index (χ3n) is 4.04. The number of nitrogens with zero attached hydrogens (tertiary/aromatic N) is 1. The number of hydrogen-bond acceptors (Lipinski definition) is 3. The van der Waals surface area contributed by atoms with Gasteiger partial charge >= 0.3 is 6.18 Å². The summed E-state index contributed by atoms with van der Waals surface area (Å²) in [5, 5.41) is 8.79. The van der Waals surface area contributed by atoms with E-state index in [1.165, 1.54) is 19.2 Å². The molecule has 0 aromatic heterocycles. The zero-order valence-corrected chi connectivity index (χ0v) is 15.4. The van der Waals surface area contributed by atoms with Crippen LogP contribution < -0.4 is 20.7 Å². The van der Waals surface area contributed by atoms with Gasteiger partial charge in [0.2, 0.25) is 5.91 Å². The van der Waals surface area contributed by atoms with E-state index in [9.17, 15) is 18.0 Å². The standard InChI is InChI=1S/C18H25F3N4O2/c1-3-22-17(24-9-8-23-16(26)12-4-5-12)25-11-13-6-7-14(27-2)10-15(13)18(19,20)21/h6-7,10,12H,3-5,8-9,11H2,1-2H3,(H,23,26)(H2,22,24,25). The molecule has 1 saturated carbocycles. The molecule has 1 fully saturated rings. The van der Waals surface area contributed by atoms with Crippen LogP contribution in [0.1, 0.15) is 30.9 Å². The van der Waals surface area contributed by atoms with E-state index in [-0.39, 0.29) is 29.7 Å². The summed E-state index contributed by atoms with van der Waals surface area (Å²) >= 11 is 0. The largest absolute Gasteiger partial charge is 0.497 e. The zero-order chi connectivity index (χ0) is 19.9. The summed E-state index contributed by atoms with van der Waals surface area (Å²) in [6, 6.07) is 3.82. The molecule has 0 radical (unpaired) electrons. The molecule has 0 heterocycles. The lowest BCUT2D eigenvalue weighted by Crippen LogP contribution is -2.41. The van der Waals surface area contributed by atoms with Crippen LogP contribution in [0.15, 0.2) is 23.2 Å². The molecule has 6 nitrogen and oxygen atoms in total. The maximum atomic E-state index is 13.3. The van der Waals surface area contributed by atoms with Crippen molar-refractivity contribution >= 4 is 11.9 Å². The number of halogens is 3. The molecule has 3 N–H and O–H groups in total. The number of hydrogen-bond donors (Lipinski definition) is 3. The number of benzene rings is 1. The van der Waals surface area contributed by atoms with Crippen LogP contribution in [0.3, 0.4) is 0 Å². The number of alkyl halides is 3. The molecule has 1 aromatic carbocycles. The van der Waals surface area contributed by atoms with Gasteiger partial charge < -0.3 is 20.7 Å². The van der Waals surface area contributed by atoms with Crippen molar-refractivity contribution in [1.82, 2.24) is 16.0 Å². The molecular formula is C18H25F3N4O2. The fourth-order valence-corrected chi connectivity index (χ4v) is 2.45. The minimum Gasteiger partial charge on any atom is -0.497 e. The third kappa shape index (κ3) is 6.65. The molecule has 2 rings (SSSR count). The normalized spacial score (nSPS) is 14.6. The first kappa shape index (κ1) is 20.9. The summed E-state index contributed by atoms with van der Waals surface area (Å²) in [5.41, 5.74) is -0.708. The van der Waals surface area contributed by atoms with Gasteiger partial charge in [-0.05, 0) is 37.5 Å². The average Bonchev–Trinajstić information content (AvgIpc) is 3.47. The van der Waals surface area contributed by atoms with Gasteiger partial charge in [0.25, 0.3) is 0 Å². The highest BCUT2D eigenvalue weighted by molar-refractivity contribution is 5.81. The van der Waals surface area contributed by atoms with Crippen molar-refractivity contribution in [3.63, 3.8) is 0 Å². The number of guanidine groups is 1. The zero-order valence-electron chi connectivity index (χ0n) is 15.4. The molecule has 0 unspecified atom stereocenters. The molecule has 150 valence electrons. The summed E-state index contributed by atoms with van der Waals surface area (Å²) in [6.45, 7) is 3.15. The van der Waals surface area contributed by atoms with Crippen molar-refractivity contribution in [2.75, 3.05) is 26.7 Å². The lowest BCUT2D eigenvalue weighted by atomic mass is 10.1. The molecule has 1 aliphatic carbocycles. The van der Waals surface area contributed by atoms with Crippen molar-refractivity contribution in [3.8, 4) is 5.75 Å². The molecule has 1 aliphatic rings. The van der Waals surface area contributed by atoms with E-state index >= 15 is 0 Å². The van der Waals surface area contributed by atoms with Gasteiger partial charge in [0.05, 0.1) is 19.2 Å². The van der Waals surface area contributed by atoms with Crippen LogP contribution in [0.2, 0.25) is 0 Å². The van der Waals surface area contributed by atoms with Crippen LogP contribution >= 0.6 is 0 Å². The monoisotopic (exact) mass is 386 g/mol. The van der Waals surface area contributed by atoms with Gasteiger partial charge in [-0.25, -0.2) is 4.99 Å². The summed E-state index contributed by atoms with van der Waals surface area (Å²) in [4.78, 5) is 15.8. The Labute approximate surface area is 156 Å². The van der Waals surface area contributed by atoms with Crippen molar-refractivity contribution in [3.05, 3.63) is 29.3 Å². The number of methoxy groups -OCH3 is 1. The molecule has 0 saturated heterocycles. The average molecular weight is 386 g/mol. The SMILES string of the molecule is CCNC(=NCc1ccc(OC)cc1C(F)(F)F)NCCNC(=O)C1CC1. The Morgan fingerprint density at radius 2 is 1.93 bits per heavy atom. The minimum atomic E-state index is -4.49. The van der Waals surface area contributed by atoms with Crippen molar-refractivity contribution in [2.45, 2.75) is 32.5 Å². The van der Waals surface area contributed by atoms with E-state index in [2.05, 4.69) is 20.9 Å². The van der Waals surface area contributed by atoms with Crippen molar-refractivity contribution in [2.24, 2.45) is 10.9 Å². The number of ether oxygens (including phenoxy) is 1. The Hall–Kier alpha value is -2.45. The van der Waals surface area contributed by atoms with Crippen LogP contribution in [0.4, 0.5) is 13.2 Å². The number of rotatable bonds is 8. The second-order valence-electron chi connectivity index (χ2n) is 6.21. The van der Waals surface area contributed by atoms with E-state index in [4.69, 9.17) is 4.74 Å². The lowest BCUT2D eigenvalue weighted by Gasteiger charge is -2.15. The molecule has 0 atom stereocenters. The quantitative estimate of drug-likeness (QED) is 0.364. The first-order valence-electron chi connectivity index (χ1n) is 8.89. The Morgan fingerprint density at radius 3 is 2.52 bits per heavy atom. The molecule has 0 bridgehead atoms. The van der Waals surface area contributed by atoms with E-state index in [0.717, 1.165) is 18.9 Å². The van der Waals surface area contributed by atoms with Crippen LogP contribution in [-0.4, -0.2) is 38.6 Å². The van der Waals surface area contributed by atoms with Gasteiger partial charge in [-0.3, -0.25) is 4.79 Å². The highest BCUT2D eigenvalue weighted by Gasteiger charge is 2.33. The number of nitrogens with one attached hydrogen (secondary N) is 3. The smallest absolute Gasteiger partial charge is 0.416 e. The van der Waals surface area contributed by atoms with Gasteiger partial charge in [0.15, 0.2) is 5.96 Å².